The van der Waals surface area contributed by atoms with Crippen molar-refractivity contribution in [3.63, 3.8) is 0 Å². The molecule has 0 atom stereocenters. The lowest BCUT2D eigenvalue weighted by Gasteiger charge is -2.15. The number of nitrogens with one attached hydrogen (secondary N) is 2. The van der Waals surface area contributed by atoms with E-state index in [-0.39, 0.29) is 6.54 Å². The van der Waals surface area contributed by atoms with Crippen LogP contribution in [-0.2, 0) is 9.59 Å². The van der Waals surface area contributed by atoms with Gasteiger partial charge in [-0.2, -0.15) is 5.26 Å². The highest BCUT2D eigenvalue weighted by Gasteiger charge is 2.44. The number of nitrogens with zero attached hydrogens (tertiary/aromatic N) is 2. The van der Waals surface area contributed by atoms with Crippen LogP contribution in [0, 0.1) is 11.3 Å². The van der Waals surface area contributed by atoms with Crippen LogP contribution < -0.4 is 10.6 Å². The van der Waals surface area contributed by atoms with Crippen LogP contribution >= 0.6 is 0 Å². The van der Waals surface area contributed by atoms with E-state index in [1.807, 2.05) is 6.07 Å². The molecule has 0 saturated carbocycles. The van der Waals surface area contributed by atoms with Crippen LogP contribution in [0.25, 0.3) is 0 Å². The largest absolute Gasteiger partial charge is 0.325 e. The van der Waals surface area contributed by atoms with E-state index >= 15 is 0 Å². The van der Waals surface area contributed by atoms with Crippen LogP contribution in [0.4, 0.5) is 10.5 Å². The van der Waals surface area contributed by atoms with Crippen molar-refractivity contribution in [1.29, 1.82) is 5.26 Å². The Kier molecular flexibility index (Phi) is 3.63. The van der Waals surface area contributed by atoms with E-state index in [0.29, 0.717) is 11.3 Å². The molecule has 1 aromatic rings. The van der Waals surface area contributed by atoms with Crippen molar-refractivity contribution in [2.45, 2.75) is 19.4 Å². The average molecular weight is 286 g/mol. The van der Waals surface area contributed by atoms with Crippen molar-refractivity contribution in [2.75, 3.05) is 11.9 Å². The number of amides is 4. The van der Waals surface area contributed by atoms with Crippen molar-refractivity contribution < 1.29 is 14.4 Å². The van der Waals surface area contributed by atoms with Gasteiger partial charge in [-0.15, -0.1) is 0 Å². The van der Waals surface area contributed by atoms with Gasteiger partial charge in [-0.25, -0.2) is 4.79 Å². The lowest BCUT2D eigenvalue weighted by Crippen LogP contribution is -2.41. The molecule has 21 heavy (non-hydrogen) atoms. The number of rotatable bonds is 3. The lowest BCUT2D eigenvalue weighted by molar-refractivity contribution is -0.132. The SMILES string of the molecule is CC1(C)NC(=O)N(CC(=O)Nc2cccc(C#N)c2)C1=O. The molecular formula is C14H14N4O3. The molecule has 2 N–H and O–H groups in total. The predicted octanol–water partition coefficient (Wildman–Crippen LogP) is 0.827. The molecule has 7 nitrogen and oxygen atoms in total. The van der Waals surface area contributed by atoms with E-state index < -0.39 is 23.4 Å². The third-order valence-corrected chi connectivity index (χ3v) is 3.02. The summed E-state index contributed by atoms with van der Waals surface area (Å²) in [5, 5.41) is 13.8. The number of benzene rings is 1. The lowest BCUT2D eigenvalue weighted by atomic mass is 10.1. The number of urea groups is 1. The predicted molar refractivity (Wildman–Crippen MR) is 74.1 cm³/mol. The molecule has 0 aliphatic carbocycles. The molecule has 108 valence electrons. The maximum Gasteiger partial charge on any atom is 0.325 e. The Morgan fingerprint density at radius 3 is 2.71 bits per heavy atom. The van der Waals surface area contributed by atoms with Crippen LogP contribution in [0.5, 0.6) is 0 Å². The summed E-state index contributed by atoms with van der Waals surface area (Å²) < 4.78 is 0. The summed E-state index contributed by atoms with van der Waals surface area (Å²) in [4.78, 5) is 36.4. The second kappa shape index (κ2) is 5.25. The normalized spacial score (nSPS) is 16.3. The highest BCUT2D eigenvalue weighted by Crippen LogP contribution is 2.16. The minimum Gasteiger partial charge on any atom is -0.324 e. The van der Waals surface area contributed by atoms with E-state index in [1.54, 1.807) is 32.0 Å². The van der Waals surface area contributed by atoms with E-state index in [9.17, 15) is 14.4 Å². The molecule has 0 aromatic heterocycles. The van der Waals surface area contributed by atoms with E-state index in [2.05, 4.69) is 10.6 Å². The van der Waals surface area contributed by atoms with Gasteiger partial charge >= 0.3 is 6.03 Å². The smallest absolute Gasteiger partial charge is 0.324 e. The van der Waals surface area contributed by atoms with Crippen LogP contribution in [0.15, 0.2) is 24.3 Å². The van der Waals surface area contributed by atoms with E-state index in [4.69, 9.17) is 5.26 Å². The molecule has 2 rings (SSSR count). The quantitative estimate of drug-likeness (QED) is 0.803. The van der Waals surface area contributed by atoms with Gasteiger partial charge in [-0.1, -0.05) is 6.07 Å². The van der Waals surface area contributed by atoms with Crippen molar-refractivity contribution in [1.82, 2.24) is 10.2 Å². The summed E-state index contributed by atoms with van der Waals surface area (Å²) in [5.41, 5.74) is -0.160. The van der Waals surface area contributed by atoms with Gasteiger partial charge in [0, 0.05) is 5.69 Å². The zero-order valence-corrected chi connectivity index (χ0v) is 11.6. The Balaban J connectivity index is 2.04. The highest BCUT2D eigenvalue weighted by atomic mass is 16.2. The van der Waals surface area contributed by atoms with E-state index in [1.165, 1.54) is 6.07 Å². The molecule has 1 aliphatic heterocycles. The zero-order chi connectivity index (χ0) is 15.6. The second-order valence-corrected chi connectivity index (χ2v) is 5.19. The second-order valence-electron chi connectivity index (χ2n) is 5.19. The number of carbonyl (C=O) groups is 3. The maximum atomic E-state index is 11.9. The molecule has 7 heteroatoms. The van der Waals surface area contributed by atoms with E-state index in [0.717, 1.165) is 4.90 Å². The Morgan fingerprint density at radius 1 is 1.43 bits per heavy atom. The Bertz CT molecular complexity index is 660. The number of carbonyl (C=O) groups excluding carboxylic acids is 3. The van der Waals surface area contributed by atoms with Crippen LogP contribution in [0.1, 0.15) is 19.4 Å². The summed E-state index contributed by atoms with van der Waals surface area (Å²) in [6, 6.07) is 7.73. The standard InChI is InChI=1S/C14H14N4O3/c1-14(2)12(20)18(13(21)17-14)8-11(19)16-10-5-3-4-9(6-10)7-15/h3-6H,8H2,1-2H3,(H,16,19)(H,17,21). The first-order chi connectivity index (χ1) is 9.83. The first-order valence-electron chi connectivity index (χ1n) is 6.27. The molecule has 0 spiro atoms. The van der Waals surface area contributed by atoms with Gasteiger partial charge in [0.1, 0.15) is 12.1 Å². The molecule has 0 radical (unpaired) electrons. The molecule has 1 heterocycles. The first kappa shape index (κ1) is 14.5. The number of hydrogen-bond acceptors (Lipinski definition) is 4. The molecule has 1 fully saturated rings. The summed E-state index contributed by atoms with van der Waals surface area (Å²) in [6.45, 7) is 2.77. The molecule has 1 aromatic carbocycles. The molecule has 0 bridgehead atoms. The number of hydrogen-bond donors (Lipinski definition) is 2. The molecule has 0 unspecified atom stereocenters. The Morgan fingerprint density at radius 2 is 2.14 bits per heavy atom. The monoisotopic (exact) mass is 286 g/mol. The number of anilines is 1. The van der Waals surface area contributed by atoms with Gasteiger partial charge in [0.05, 0.1) is 11.6 Å². The van der Waals surface area contributed by atoms with Crippen molar-refractivity contribution in [2.24, 2.45) is 0 Å². The summed E-state index contributed by atoms with van der Waals surface area (Å²) >= 11 is 0. The minimum absolute atomic E-state index is 0.370. The molecule has 1 aliphatic rings. The van der Waals surface area contributed by atoms with Crippen LogP contribution in [-0.4, -0.2) is 34.8 Å². The summed E-state index contributed by atoms with van der Waals surface area (Å²) in [5.74, 6) is -0.959. The first-order valence-corrected chi connectivity index (χ1v) is 6.27. The number of nitriles is 1. The third-order valence-electron chi connectivity index (χ3n) is 3.02. The topological polar surface area (TPSA) is 102 Å². The minimum atomic E-state index is -1.00. The average Bonchev–Trinajstić information content (AvgIpc) is 2.61. The fourth-order valence-corrected chi connectivity index (χ4v) is 1.97. The highest BCUT2D eigenvalue weighted by molar-refractivity contribution is 6.09. The van der Waals surface area contributed by atoms with Crippen molar-refractivity contribution in [3.05, 3.63) is 29.8 Å². The van der Waals surface area contributed by atoms with Crippen LogP contribution in [0.3, 0.4) is 0 Å². The zero-order valence-electron chi connectivity index (χ0n) is 11.6. The van der Waals surface area contributed by atoms with Crippen molar-refractivity contribution >= 4 is 23.5 Å². The molecule has 1 saturated heterocycles. The van der Waals surface area contributed by atoms with Gasteiger partial charge in [0.25, 0.3) is 5.91 Å². The van der Waals surface area contributed by atoms with Crippen LogP contribution in [0.2, 0.25) is 0 Å². The van der Waals surface area contributed by atoms with Gasteiger partial charge in [-0.05, 0) is 32.0 Å². The number of imide groups is 1. The van der Waals surface area contributed by atoms with Crippen molar-refractivity contribution in [3.8, 4) is 6.07 Å². The summed E-state index contributed by atoms with van der Waals surface area (Å²) in [6.07, 6.45) is 0. The fraction of sp³-hybridized carbons (Fsp3) is 0.286. The summed E-state index contributed by atoms with van der Waals surface area (Å²) in [7, 11) is 0. The van der Waals surface area contributed by atoms with Gasteiger partial charge < -0.3 is 10.6 Å². The fourth-order valence-electron chi connectivity index (χ4n) is 1.97. The Hall–Kier alpha value is -2.88. The molecule has 4 amide bonds. The van der Waals surface area contributed by atoms with Gasteiger partial charge in [0.15, 0.2) is 0 Å². The Labute approximate surface area is 121 Å². The third kappa shape index (κ3) is 3.00. The maximum absolute atomic E-state index is 11.9. The molecular weight excluding hydrogens is 272 g/mol. The van der Waals surface area contributed by atoms with Gasteiger partial charge in [0.2, 0.25) is 5.91 Å². The van der Waals surface area contributed by atoms with Gasteiger partial charge in [-0.3, -0.25) is 14.5 Å².